The van der Waals surface area contributed by atoms with Gasteiger partial charge in [0.05, 0.1) is 41.6 Å². The van der Waals surface area contributed by atoms with Crippen molar-refractivity contribution in [3.05, 3.63) is 81.7 Å². The summed E-state index contributed by atoms with van der Waals surface area (Å²) in [4.78, 5) is 36.1. The second-order valence-electron chi connectivity index (χ2n) is 7.65. The molecule has 0 fully saturated rings. The Bertz CT molecular complexity index is 1330. The van der Waals surface area contributed by atoms with E-state index in [0.29, 0.717) is 22.6 Å². The van der Waals surface area contributed by atoms with E-state index in [1.54, 1.807) is 26.1 Å². The van der Waals surface area contributed by atoms with Crippen LogP contribution in [0.5, 0.6) is 5.75 Å². The summed E-state index contributed by atoms with van der Waals surface area (Å²) in [6.07, 6.45) is 1.63. The lowest BCUT2D eigenvalue weighted by Crippen LogP contribution is -2.45. The summed E-state index contributed by atoms with van der Waals surface area (Å²) in [7, 11) is 1.26. The van der Waals surface area contributed by atoms with Gasteiger partial charge in [0.2, 0.25) is 0 Å². The molecule has 1 aliphatic rings. The van der Waals surface area contributed by atoms with E-state index >= 15 is 0 Å². The van der Waals surface area contributed by atoms with Gasteiger partial charge in [-0.15, -0.1) is 0 Å². The molecule has 1 aliphatic heterocycles. The molecule has 2 aromatic carbocycles. The van der Waals surface area contributed by atoms with E-state index in [1.807, 2.05) is 30.3 Å². The molecule has 1 atom stereocenters. The number of hydrogen-bond donors (Lipinski definition) is 2. The Morgan fingerprint density at radius 1 is 1.23 bits per heavy atom. The number of aromatic nitrogens is 2. The van der Waals surface area contributed by atoms with Crippen LogP contribution in [0.15, 0.2) is 66.0 Å². The Hall–Kier alpha value is -4.67. The average Bonchev–Trinajstić information content (AvgIpc) is 3.29. The minimum Gasteiger partial charge on any atom is -0.487 e. The van der Waals surface area contributed by atoms with Gasteiger partial charge in [-0.3, -0.25) is 10.1 Å². The van der Waals surface area contributed by atoms with E-state index in [2.05, 4.69) is 15.7 Å². The first-order chi connectivity index (χ1) is 16.8. The molecular weight excluding hydrogens is 454 g/mol. The number of nitrogens with zero attached hydrogens (tertiary/aromatic N) is 3. The first-order valence-electron chi connectivity index (χ1n) is 10.8. The van der Waals surface area contributed by atoms with Gasteiger partial charge >= 0.3 is 17.7 Å². The highest BCUT2D eigenvalue weighted by Gasteiger charge is 2.35. The van der Waals surface area contributed by atoms with E-state index < -0.39 is 23.0 Å². The first-order valence-corrected chi connectivity index (χ1v) is 10.8. The van der Waals surface area contributed by atoms with Crippen molar-refractivity contribution in [3.63, 3.8) is 0 Å². The van der Waals surface area contributed by atoms with Crippen molar-refractivity contribution in [1.82, 2.24) is 20.4 Å². The molecule has 3 aromatic rings. The lowest BCUT2D eigenvalue weighted by molar-refractivity contribution is -0.385. The second-order valence-corrected chi connectivity index (χ2v) is 7.65. The third kappa shape index (κ3) is 4.56. The summed E-state index contributed by atoms with van der Waals surface area (Å²) in [5.41, 5.74) is 2.52. The number of rotatable bonds is 7. The van der Waals surface area contributed by atoms with Crippen molar-refractivity contribution < 1.29 is 24.0 Å². The molecule has 11 nitrogen and oxygen atoms in total. The molecule has 2 heterocycles. The Balaban J connectivity index is 1.91. The summed E-state index contributed by atoms with van der Waals surface area (Å²) in [5.74, 6) is -0.461. The van der Waals surface area contributed by atoms with Gasteiger partial charge in [0.25, 0.3) is 0 Å². The molecular formula is C24H23N5O6. The molecule has 0 spiro atoms. The summed E-state index contributed by atoms with van der Waals surface area (Å²) in [6.45, 7) is 3.63. The molecule has 0 saturated heterocycles. The van der Waals surface area contributed by atoms with E-state index in [9.17, 15) is 19.7 Å². The van der Waals surface area contributed by atoms with E-state index in [1.165, 1.54) is 23.9 Å². The van der Waals surface area contributed by atoms with Gasteiger partial charge in [-0.2, -0.15) is 5.10 Å². The van der Waals surface area contributed by atoms with Gasteiger partial charge < -0.3 is 20.1 Å². The molecule has 2 amide bonds. The van der Waals surface area contributed by atoms with Crippen LogP contribution in [-0.2, 0) is 9.53 Å². The van der Waals surface area contributed by atoms with Crippen LogP contribution in [0.4, 0.5) is 10.5 Å². The number of carbonyl (C=O) groups is 2. The number of carbonyl (C=O) groups excluding carboxylic acids is 2. The zero-order chi connectivity index (χ0) is 25.1. The number of nitro benzene ring substituents is 1. The first kappa shape index (κ1) is 23.5. The quantitative estimate of drug-likeness (QED) is 0.301. The summed E-state index contributed by atoms with van der Waals surface area (Å²) < 4.78 is 11.8. The number of hydrogen-bond acceptors (Lipinski definition) is 7. The van der Waals surface area contributed by atoms with Crippen LogP contribution in [0.1, 0.15) is 25.5 Å². The van der Waals surface area contributed by atoms with Gasteiger partial charge in [0.15, 0.2) is 5.75 Å². The highest BCUT2D eigenvalue weighted by Crippen LogP contribution is 2.36. The Morgan fingerprint density at radius 3 is 2.63 bits per heavy atom. The highest BCUT2D eigenvalue weighted by molar-refractivity contribution is 5.95. The van der Waals surface area contributed by atoms with E-state index in [4.69, 9.17) is 9.47 Å². The lowest BCUT2D eigenvalue weighted by atomic mass is 9.94. The maximum Gasteiger partial charge on any atom is 0.337 e. The highest BCUT2D eigenvalue weighted by atomic mass is 16.6. The average molecular weight is 477 g/mol. The molecule has 11 heteroatoms. The number of nitrogens with one attached hydrogen (secondary N) is 2. The topological polar surface area (TPSA) is 138 Å². The van der Waals surface area contributed by atoms with Crippen LogP contribution in [0.2, 0.25) is 0 Å². The summed E-state index contributed by atoms with van der Waals surface area (Å²) >= 11 is 0. The molecule has 1 unspecified atom stereocenters. The number of allylic oxidation sites excluding steroid dienone is 1. The van der Waals surface area contributed by atoms with Crippen molar-refractivity contribution in [3.8, 4) is 22.7 Å². The van der Waals surface area contributed by atoms with Crippen molar-refractivity contribution in [1.29, 1.82) is 0 Å². The Labute approximate surface area is 200 Å². The van der Waals surface area contributed by atoms with Crippen LogP contribution < -0.4 is 15.4 Å². The van der Waals surface area contributed by atoms with Crippen molar-refractivity contribution >= 4 is 17.7 Å². The minimum absolute atomic E-state index is 0.147. The fourth-order valence-corrected chi connectivity index (χ4v) is 3.93. The van der Waals surface area contributed by atoms with Gasteiger partial charge in [-0.05, 0) is 26.0 Å². The third-order valence-corrected chi connectivity index (χ3v) is 5.48. The number of urea groups is 1. The van der Waals surface area contributed by atoms with Gasteiger partial charge in [0.1, 0.15) is 0 Å². The van der Waals surface area contributed by atoms with Crippen LogP contribution >= 0.6 is 0 Å². The molecule has 1 aromatic heterocycles. The molecule has 0 bridgehead atoms. The Morgan fingerprint density at radius 2 is 1.97 bits per heavy atom. The molecule has 4 rings (SSSR count). The molecule has 0 saturated carbocycles. The fraction of sp³-hybridized carbons (Fsp3) is 0.208. The van der Waals surface area contributed by atoms with Gasteiger partial charge in [-0.25, -0.2) is 14.3 Å². The standard InChI is InChI=1S/C24H23N5O6/c1-4-35-19-11-10-16(12-18(19)29(32)33)28-13-17(21(27-28)15-8-6-5-7-9-15)22-20(23(30)34-3)14(2)25-24(31)26-22/h5-13,22H,4H2,1-3H3,(H2,25,26,31). The smallest absolute Gasteiger partial charge is 0.337 e. The number of ether oxygens (including phenoxy) is 2. The summed E-state index contributed by atoms with van der Waals surface area (Å²) in [6, 6.07) is 12.4. The minimum atomic E-state index is -0.863. The zero-order valence-corrected chi connectivity index (χ0v) is 19.3. The van der Waals surface area contributed by atoms with Crippen LogP contribution in [0.3, 0.4) is 0 Å². The van der Waals surface area contributed by atoms with E-state index in [-0.39, 0.29) is 23.6 Å². The van der Waals surface area contributed by atoms with Crippen molar-refractivity contribution in [2.24, 2.45) is 0 Å². The second kappa shape index (κ2) is 9.67. The summed E-state index contributed by atoms with van der Waals surface area (Å²) in [5, 5.41) is 21.7. The lowest BCUT2D eigenvalue weighted by Gasteiger charge is -2.27. The largest absolute Gasteiger partial charge is 0.487 e. The molecule has 180 valence electrons. The number of amides is 2. The van der Waals surface area contributed by atoms with Gasteiger partial charge in [-0.1, -0.05) is 30.3 Å². The molecule has 0 radical (unpaired) electrons. The van der Waals surface area contributed by atoms with E-state index in [0.717, 1.165) is 5.56 Å². The van der Waals surface area contributed by atoms with Crippen LogP contribution in [-0.4, -0.2) is 40.4 Å². The number of benzene rings is 2. The van der Waals surface area contributed by atoms with Crippen LogP contribution in [0.25, 0.3) is 16.9 Å². The van der Waals surface area contributed by atoms with Gasteiger partial charge in [0, 0.05) is 29.1 Å². The maximum atomic E-state index is 12.6. The maximum absolute atomic E-state index is 12.6. The number of methoxy groups -OCH3 is 1. The normalized spacial score (nSPS) is 15.3. The predicted molar refractivity (Wildman–Crippen MR) is 126 cm³/mol. The zero-order valence-electron chi connectivity index (χ0n) is 19.3. The monoisotopic (exact) mass is 477 g/mol. The molecule has 35 heavy (non-hydrogen) atoms. The number of nitro groups is 1. The third-order valence-electron chi connectivity index (χ3n) is 5.48. The Kier molecular flexibility index (Phi) is 6.49. The van der Waals surface area contributed by atoms with Crippen molar-refractivity contribution in [2.45, 2.75) is 19.9 Å². The molecule has 0 aliphatic carbocycles. The fourth-order valence-electron chi connectivity index (χ4n) is 3.93. The van der Waals surface area contributed by atoms with Crippen molar-refractivity contribution in [2.75, 3.05) is 13.7 Å². The van der Waals surface area contributed by atoms with Crippen LogP contribution in [0, 0.1) is 10.1 Å². The molecule has 2 N–H and O–H groups in total. The predicted octanol–water partition coefficient (Wildman–Crippen LogP) is 3.65. The number of esters is 1. The SMILES string of the molecule is CCOc1ccc(-n2cc(C3NC(=O)NC(C)=C3C(=O)OC)c(-c3ccccc3)n2)cc1[N+](=O)[O-].